The number of hydrogen-bond donors (Lipinski definition) is 0. The average Bonchev–Trinajstić information content (AvgIpc) is 3.12. The number of amides is 1. The third kappa shape index (κ3) is 2.95. The van der Waals surface area contributed by atoms with E-state index in [1.54, 1.807) is 13.1 Å². The molecule has 0 spiro atoms. The highest BCUT2D eigenvalue weighted by Gasteiger charge is 2.28. The lowest BCUT2D eigenvalue weighted by atomic mass is 9.97. The Kier molecular flexibility index (Phi) is 4.58. The van der Waals surface area contributed by atoms with Crippen molar-refractivity contribution < 1.29 is 4.79 Å². The van der Waals surface area contributed by atoms with E-state index in [0.717, 1.165) is 23.4 Å². The van der Waals surface area contributed by atoms with Gasteiger partial charge in [0, 0.05) is 18.8 Å². The second kappa shape index (κ2) is 6.89. The van der Waals surface area contributed by atoms with E-state index in [2.05, 4.69) is 18.0 Å². The number of para-hydroxylation sites is 1. The lowest BCUT2D eigenvalue weighted by Crippen LogP contribution is -2.43. The largest absolute Gasteiger partial charge is 0.309 e. The molecule has 7 heteroatoms. The van der Waals surface area contributed by atoms with Crippen LogP contribution in [0, 0.1) is 0 Å². The topological polar surface area (TPSA) is 55.2 Å². The number of nitrogens with zero attached hydrogens (tertiary/aromatic N) is 3. The van der Waals surface area contributed by atoms with Gasteiger partial charge in [0.2, 0.25) is 5.91 Å². The van der Waals surface area contributed by atoms with Gasteiger partial charge in [-0.05, 0) is 42.8 Å². The molecule has 3 aromatic rings. The molecule has 26 heavy (non-hydrogen) atoms. The van der Waals surface area contributed by atoms with Crippen LogP contribution in [-0.4, -0.2) is 27.3 Å². The van der Waals surface area contributed by atoms with Gasteiger partial charge in [-0.15, -0.1) is 11.3 Å². The van der Waals surface area contributed by atoms with Crippen molar-refractivity contribution in [3.63, 3.8) is 0 Å². The molecule has 1 aliphatic heterocycles. The number of carbonyl (C=O) groups excluding carboxylic acids is 1. The number of aromatic nitrogens is 2. The first-order valence-corrected chi connectivity index (χ1v) is 10.4. The van der Waals surface area contributed by atoms with Gasteiger partial charge in [-0.25, -0.2) is 4.98 Å². The zero-order valence-electron chi connectivity index (χ0n) is 14.6. The highest BCUT2D eigenvalue weighted by molar-refractivity contribution is 7.99. The van der Waals surface area contributed by atoms with Crippen molar-refractivity contribution in [1.29, 1.82) is 0 Å². The number of rotatable bonds is 3. The Morgan fingerprint density at radius 3 is 3.00 bits per heavy atom. The zero-order valence-corrected chi connectivity index (χ0v) is 16.3. The maximum atomic E-state index is 12.9. The molecule has 0 aliphatic carbocycles. The Balaban J connectivity index is 1.58. The molecule has 0 bridgehead atoms. The van der Waals surface area contributed by atoms with Crippen LogP contribution < -0.4 is 10.5 Å². The predicted octanol–water partition coefficient (Wildman–Crippen LogP) is 3.46. The normalized spacial score (nSPS) is 16.7. The molecule has 4 rings (SSSR count). The monoisotopic (exact) mass is 385 g/mol. The second-order valence-corrected chi connectivity index (χ2v) is 8.30. The van der Waals surface area contributed by atoms with Crippen LogP contribution in [0.4, 0.5) is 5.69 Å². The Morgan fingerprint density at radius 1 is 1.35 bits per heavy atom. The number of aryl methyl sites for hydroxylation is 1. The summed E-state index contributed by atoms with van der Waals surface area (Å²) in [5, 5.41) is 3.08. The van der Waals surface area contributed by atoms with Crippen LogP contribution in [0.25, 0.3) is 10.2 Å². The number of anilines is 1. The third-order valence-electron chi connectivity index (χ3n) is 4.78. The number of benzene rings is 1. The first kappa shape index (κ1) is 17.3. The highest BCUT2D eigenvalue weighted by atomic mass is 32.2. The Morgan fingerprint density at radius 2 is 2.15 bits per heavy atom. The fraction of sp³-hybridized carbons (Fsp3) is 0.316. The summed E-state index contributed by atoms with van der Waals surface area (Å²) in [6, 6.07) is 10.1. The van der Waals surface area contributed by atoms with Gasteiger partial charge in [0.15, 0.2) is 5.16 Å². The van der Waals surface area contributed by atoms with E-state index in [1.807, 2.05) is 28.5 Å². The van der Waals surface area contributed by atoms with Crippen molar-refractivity contribution >= 4 is 44.9 Å². The molecule has 0 fully saturated rings. The van der Waals surface area contributed by atoms with Gasteiger partial charge in [0.05, 0.1) is 11.1 Å². The van der Waals surface area contributed by atoms with E-state index < -0.39 is 0 Å². The molecule has 0 unspecified atom stereocenters. The molecule has 1 aliphatic rings. The summed E-state index contributed by atoms with van der Waals surface area (Å²) in [7, 11) is 1.71. The second-order valence-electron chi connectivity index (χ2n) is 6.47. The quantitative estimate of drug-likeness (QED) is 0.512. The van der Waals surface area contributed by atoms with E-state index in [9.17, 15) is 9.59 Å². The van der Waals surface area contributed by atoms with Crippen LogP contribution >= 0.6 is 23.1 Å². The van der Waals surface area contributed by atoms with Crippen molar-refractivity contribution in [2.24, 2.45) is 7.05 Å². The first-order valence-electron chi connectivity index (χ1n) is 8.53. The maximum absolute atomic E-state index is 12.9. The van der Waals surface area contributed by atoms with Gasteiger partial charge >= 0.3 is 0 Å². The summed E-state index contributed by atoms with van der Waals surface area (Å²) < 4.78 is 1.53. The number of carbonyl (C=O) groups is 1. The van der Waals surface area contributed by atoms with Crippen LogP contribution in [0.15, 0.2) is 45.7 Å². The van der Waals surface area contributed by atoms with Gasteiger partial charge in [0.25, 0.3) is 5.56 Å². The van der Waals surface area contributed by atoms with Crippen molar-refractivity contribution in [2.75, 3.05) is 10.7 Å². The van der Waals surface area contributed by atoms with E-state index in [4.69, 9.17) is 0 Å². The maximum Gasteiger partial charge on any atom is 0.262 e. The number of thiophene rings is 1. The Bertz CT molecular complexity index is 1040. The van der Waals surface area contributed by atoms with Crippen LogP contribution in [0.5, 0.6) is 0 Å². The fourth-order valence-corrected chi connectivity index (χ4v) is 5.01. The van der Waals surface area contributed by atoms with Gasteiger partial charge in [-0.2, -0.15) is 0 Å². The molecule has 1 amide bonds. The Labute approximate surface area is 159 Å². The zero-order chi connectivity index (χ0) is 18.3. The summed E-state index contributed by atoms with van der Waals surface area (Å²) in [4.78, 5) is 32.5. The van der Waals surface area contributed by atoms with Gasteiger partial charge < -0.3 is 4.90 Å². The molecular weight excluding hydrogens is 366 g/mol. The van der Waals surface area contributed by atoms with Crippen molar-refractivity contribution in [1.82, 2.24) is 9.55 Å². The van der Waals surface area contributed by atoms with Crippen LogP contribution in [0.3, 0.4) is 0 Å². The molecule has 0 saturated carbocycles. The van der Waals surface area contributed by atoms with Gasteiger partial charge in [0.1, 0.15) is 4.83 Å². The highest BCUT2D eigenvalue weighted by Crippen LogP contribution is 2.31. The van der Waals surface area contributed by atoms with Crippen molar-refractivity contribution in [3.05, 3.63) is 51.6 Å². The summed E-state index contributed by atoms with van der Waals surface area (Å²) in [5.74, 6) is 0.311. The van der Waals surface area contributed by atoms with Gasteiger partial charge in [-0.3, -0.25) is 14.2 Å². The predicted molar refractivity (Wildman–Crippen MR) is 107 cm³/mol. The van der Waals surface area contributed by atoms with Crippen LogP contribution in [0.1, 0.15) is 18.9 Å². The molecular formula is C19H19N3O2S2. The standard InChI is InChI=1S/C19H19N3O2S2/c1-12-7-8-13-5-3-4-6-15(13)22(12)16(23)11-26-19-20-17-14(9-10-25-17)18(24)21(19)2/h3-6,9-10,12H,7-8,11H2,1-2H3/t12-/m1/s1. The SMILES string of the molecule is C[C@@H]1CCc2ccccc2N1C(=O)CSc1nc2sccc2c(=O)n1C. The summed E-state index contributed by atoms with van der Waals surface area (Å²) in [6.07, 6.45) is 1.96. The van der Waals surface area contributed by atoms with Crippen molar-refractivity contribution in [2.45, 2.75) is 31.0 Å². The van der Waals surface area contributed by atoms with Gasteiger partial charge in [-0.1, -0.05) is 30.0 Å². The lowest BCUT2D eigenvalue weighted by Gasteiger charge is -2.35. The Hall–Kier alpha value is -2.12. The minimum Gasteiger partial charge on any atom is -0.309 e. The summed E-state index contributed by atoms with van der Waals surface area (Å²) >= 11 is 2.77. The lowest BCUT2D eigenvalue weighted by molar-refractivity contribution is -0.116. The smallest absolute Gasteiger partial charge is 0.262 e. The minimum absolute atomic E-state index is 0.0511. The minimum atomic E-state index is -0.0668. The van der Waals surface area contributed by atoms with E-state index >= 15 is 0 Å². The third-order valence-corrected chi connectivity index (χ3v) is 6.60. The van der Waals surface area contributed by atoms with E-state index in [-0.39, 0.29) is 23.3 Å². The van der Waals surface area contributed by atoms with E-state index in [1.165, 1.54) is 33.2 Å². The molecule has 5 nitrogen and oxygen atoms in total. The number of hydrogen-bond acceptors (Lipinski definition) is 5. The number of thioether (sulfide) groups is 1. The number of fused-ring (bicyclic) bond motifs is 2. The first-order chi connectivity index (χ1) is 12.6. The average molecular weight is 386 g/mol. The molecule has 0 N–H and O–H groups in total. The van der Waals surface area contributed by atoms with Crippen molar-refractivity contribution in [3.8, 4) is 0 Å². The van der Waals surface area contributed by atoms with E-state index in [0.29, 0.717) is 10.5 Å². The summed E-state index contributed by atoms with van der Waals surface area (Å²) in [5.41, 5.74) is 2.16. The molecule has 0 radical (unpaired) electrons. The molecule has 0 saturated heterocycles. The molecule has 134 valence electrons. The molecule has 2 aromatic heterocycles. The molecule has 3 heterocycles. The summed E-state index contributed by atoms with van der Waals surface area (Å²) in [6.45, 7) is 2.09. The molecule has 1 aromatic carbocycles. The van der Waals surface area contributed by atoms with Crippen LogP contribution in [0.2, 0.25) is 0 Å². The van der Waals surface area contributed by atoms with Crippen LogP contribution in [-0.2, 0) is 18.3 Å². The molecule has 1 atom stereocenters. The fourth-order valence-electron chi connectivity index (χ4n) is 3.37.